The maximum atomic E-state index is 14.6. The quantitative estimate of drug-likeness (QED) is 0.646. The van der Waals surface area contributed by atoms with Gasteiger partial charge in [-0.1, -0.05) is 6.07 Å². The van der Waals surface area contributed by atoms with Crippen molar-refractivity contribution in [3.63, 3.8) is 0 Å². The number of halogens is 3. The van der Waals surface area contributed by atoms with E-state index in [4.69, 9.17) is 9.47 Å². The second-order valence-electron chi connectivity index (χ2n) is 8.77. The second kappa shape index (κ2) is 7.50. The average Bonchev–Trinajstić information content (AvgIpc) is 2.45. The number of benzene rings is 1. The minimum absolute atomic E-state index is 0.0375. The van der Waals surface area contributed by atoms with Crippen molar-refractivity contribution in [3.05, 3.63) is 33.8 Å². The van der Waals surface area contributed by atoms with E-state index in [0.29, 0.717) is 0 Å². The van der Waals surface area contributed by atoms with Crippen molar-refractivity contribution in [2.45, 2.75) is 58.3 Å². The molecule has 0 saturated carbocycles. The van der Waals surface area contributed by atoms with Crippen molar-refractivity contribution in [1.29, 1.82) is 0 Å². The van der Waals surface area contributed by atoms with Crippen molar-refractivity contribution in [3.8, 4) is 0 Å². The Kier molecular flexibility index (Phi) is 5.99. The highest BCUT2D eigenvalue weighted by Gasteiger charge is 2.51. The van der Waals surface area contributed by atoms with E-state index in [2.05, 4.69) is 21.2 Å². The first-order valence-electron chi connectivity index (χ1n) is 8.77. The predicted molar refractivity (Wildman–Crippen MR) is 103 cm³/mol. The Morgan fingerprint density at radius 2 is 1.57 bits per heavy atom. The summed E-state index contributed by atoms with van der Waals surface area (Å²) in [6.07, 6.45) is -1.40. The van der Waals surface area contributed by atoms with Gasteiger partial charge in [-0.2, -0.15) is 0 Å². The molecule has 6 nitrogen and oxygen atoms in total. The number of rotatable bonds is 2. The average molecular weight is 463 g/mol. The molecule has 1 aromatic carbocycles. The Balaban J connectivity index is 2.31. The fraction of sp³-hybridized carbons (Fsp3) is 0.579. The molecule has 156 valence electrons. The van der Waals surface area contributed by atoms with Gasteiger partial charge in [0.05, 0.1) is 17.6 Å². The van der Waals surface area contributed by atoms with Crippen LogP contribution in [0.2, 0.25) is 0 Å². The fourth-order valence-electron chi connectivity index (χ4n) is 2.77. The first kappa shape index (κ1) is 22.4. The lowest BCUT2D eigenvalue weighted by molar-refractivity contribution is -0.0239. The topological polar surface area (TPSA) is 67.9 Å². The third kappa shape index (κ3) is 5.12. The normalized spacial score (nSPS) is 16.2. The molecule has 0 aromatic heterocycles. The van der Waals surface area contributed by atoms with Gasteiger partial charge < -0.3 is 19.7 Å². The first-order valence-corrected chi connectivity index (χ1v) is 9.56. The minimum Gasteiger partial charge on any atom is -0.444 e. The molecule has 0 bridgehead atoms. The van der Waals surface area contributed by atoms with Crippen LogP contribution in [0, 0.1) is 11.6 Å². The fourth-order valence-corrected chi connectivity index (χ4v) is 3.08. The molecule has 1 aliphatic heterocycles. The summed E-state index contributed by atoms with van der Waals surface area (Å²) >= 11 is 2.93. The molecule has 28 heavy (non-hydrogen) atoms. The molecule has 1 aliphatic rings. The number of ether oxygens (including phenoxy) is 2. The zero-order valence-electron chi connectivity index (χ0n) is 16.8. The van der Waals surface area contributed by atoms with Gasteiger partial charge in [-0.05, 0) is 63.5 Å². The van der Waals surface area contributed by atoms with Crippen LogP contribution in [0.15, 0.2) is 16.6 Å². The third-order valence-electron chi connectivity index (χ3n) is 3.86. The van der Waals surface area contributed by atoms with Crippen LogP contribution >= 0.6 is 15.9 Å². The van der Waals surface area contributed by atoms with Crippen LogP contribution in [0.3, 0.4) is 0 Å². The smallest absolute Gasteiger partial charge is 0.410 e. The molecule has 1 N–H and O–H groups in total. The van der Waals surface area contributed by atoms with Gasteiger partial charge in [0.1, 0.15) is 16.7 Å². The number of carbonyl (C=O) groups is 2. The van der Waals surface area contributed by atoms with Gasteiger partial charge in [-0.3, -0.25) is 0 Å². The molecule has 2 amide bonds. The molecule has 2 rings (SSSR count). The van der Waals surface area contributed by atoms with E-state index >= 15 is 0 Å². The molecule has 1 aromatic rings. The van der Waals surface area contributed by atoms with Crippen LogP contribution in [-0.4, -0.2) is 41.4 Å². The largest absolute Gasteiger partial charge is 0.444 e. The lowest BCUT2D eigenvalue weighted by Gasteiger charge is -2.50. The van der Waals surface area contributed by atoms with Crippen molar-refractivity contribution in [2.24, 2.45) is 0 Å². The van der Waals surface area contributed by atoms with Gasteiger partial charge >= 0.3 is 12.2 Å². The van der Waals surface area contributed by atoms with Gasteiger partial charge in [0.15, 0.2) is 11.6 Å². The van der Waals surface area contributed by atoms with E-state index in [9.17, 15) is 18.4 Å². The number of alkyl carbamates (subject to hydrolysis) is 1. The Labute approximate surface area is 171 Å². The van der Waals surface area contributed by atoms with Gasteiger partial charge in [-0.25, -0.2) is 18.4 Å². The molecular weight excluding hydrogens is 438 g/mol. The number of hydrogen-bond donors (Lipinski definition) is 1. The summed E-state index contributed by atoms with van der Waals surface area (Å²) in [5, 5.41) is 2.61. The van der Waals surface area contributed by atoms with Crippen LogP contribution in [0.25, 0.3) is 0 Å². The highest BCUT2D eigenvalue weighted by Crippen LogP contribution is 2.37. The molecular formula is C19H25BrF2N2O4. The number of hydrogen-bond acceptors (Lipinski definition) is 4. The number of nitrogens with zero attached hydrogens (tertiary/aromatic N) is 1. The SMILES string of the molecule is CC(C)(C)OC(=O)NC1(c2ccc(Br)c(F)c2F)CN(C(=O)OC(C)(C)C)C1. The maximum Gasteiger partial charge on any atom is 0.410 e. The third-order valence-corrected chi connectivity index (χ3v) is 4.48. The molecule has 0 atom stereocenters. The zero-order chi connectivity index (χ0) is 21.5. The minimum atomic E-state index is -1.33. The van der Waals surface area contributed by atoms with Crippen LogP contribution in [0.4, 0.5) is 18.4 Å². The summed E-state index contributed by atoms with van der Waals surface area (Å²) in [6, 6.07) is 2.72. The Bertz CT molecular complexity index is 781. The molecule has 0 unspecified atom stereocenters. The number of amides is 2. The lowest BCUT2D eigenvalue weighted by atomic mass is 9.82. The van der Waals surface area contributed by atoms with E-state index in [1.165, 1.54) is 17.0 Å². The summed E-state index contributed by atoms with van der Waals surface area (Å²) in [4.78, 5) is 25.9. The van der Waals surface area contributed by atoms with Crippen molar-refractivity contribution < 1.29 is 27.8 Å². The molecule has 9 heteroatoms. The summed E-state index contributed by atoms with van der Waals surface area (Å²) < 4.78 is 39.2. The van der Waals surface area contributed by atoms with Gasteiger partial charge in [0.2, 0.25) is 0 Å². The van der Waals surface area contributed by atoms with Crippen LogP contribution in [0.1, 0.15) is 47.1 Å². The highest BCUT2D eigenvalue weighted by molar-refractivity contribution is 9.10. The summed E-state index contributed by atoms with van der Waals surface area (Å²) in [6.45, 7) is 10.1. The Morgan fingerprint density at radius 3 is 2.07 bits per heavy atom. The second-order valence-corrected chi connectivity index (χ2v) is 9.62. The predicted octanol–water partition coefficient (Wildman–Crippen LogP) is 4.70. The molecule has 1 fully saturated rings. The van der Waals surface area contributed by atoms with Crippen LogP contribution in [0.5, 0.6) is 0 Å². The van der Waals surface area contributed by atoms with E-state index < -0.39 is 40.6 Å². The Hall–Kier alpha value is -1.90. The molecule has 0 spiro atoms. The Morgan fingerprint density at radius 1 is 1.04 bits per heavy atom. The van der Waals surface area contributed by atoms with Gasteiger partial charge in [-0.15, -0.1) is 0 Å². The zero-order valence-corrected chi connectivity index (χ0v) is 18.4. The first-order chi connectivity index (χ1) is 12.6. The van der Waals surface area contributed by atoms with Crippen molar-refractivity contribution in [2.75, 3.05) is 13.1 Å². The monoisotopic (exact) mass is 462 g/mol. The summed E-state index contributed by atoms with van der Waals surface area (Å²) in [5.41, 5.74) is -2.88. The number of nitrogens with one attached hydrogen (secondary N) is 1. The van der Waals surface area contributed by atoms with Crippen molar-refractivity contribution >= 4 is 28.1 Å². The molecule has 1 saturated heterocycles. The number of likely N-dealkylation sites (tertiary alicyclic amines) is 1. The number of carbonyl (C=O) groups excluding carboxylic acids is 2. The van der Waals surface area contributed by atoms with E-state index in [1.807, 2.05) is 0 Å². The summed E-state index contributed by atoms with van der Waals surface area (Å²) in [5.74, 6) is -2.17. The van der Waals surface area contributed by atoms with Gasteiger partial charge in [0, 0.05) is 5.56 Å². The van der Waals surface area contributed by atoms with E-state index in [0.717, 1.165) is 0 Å². The van der Waals surface area contributed by atoms with Crippen LogP contribution < -0.4 is 5.32 Å². The maximum absolute atomic E-state index is 14.6. The highest BCUT2D eigenvalue weighted by atomic mass is 79.9. The standard InChI is InChI=1S/C19H25BrF2N2O4/c1-17(2,3)27-15(25)23-19(11-7-8-12(20)14(22)13(11)21)9-24(10-19)16(26)28-18(4,5)6/h7-8H,9-10H2,1-6H3,(H,23,25). The molecule has 1 heterocycles. The lowest BCUT2D eigenvalue weighted by Crippen LogP contribution is -2.69. The van der Waals surface area contributed by atoms with E-state index in [-0.39, 0.29) is 23.1 Å². The molecule has 0 aliphatic carbocycles. The summed E-state index contributed by atoms with van der Waals surface area (Å²) in [7, 11) is 0. The van der Waals surface area contributed by atoms with E-state index in [1.54, 1.807) is 41.5 Å². The van der Waals surface area contributed by atoms with Gasteiger partial charge in [0.25, 0.3) is 0 Å². The molecule has 0 radical (unpaired) electrons. The van der Waals surface area contributed by atoms with Crippen LogP contribution in [-0.2, 0) is 15.0 Å². The van der Waals surface area contributed by atoms with Crippen molar-refractivity contribution in [1.82, 2.24) is 10.2 Å².